The molecule has 2 saturated heterocycles. The zero-order valence-electron chi connectivity index (χ0n) is 69.4. The average molecular weight is 1670 g/mol. The molecule has 12 aromatic rings. The third-order valence-corrected chi connectivity index (χ3v) is 20.8. The highest BCUT2D eigenvalue weighted by Gasteiger charge is 2.31. The van der Waals surface area contributed by atoms with Crippen LogP contribution in [0.4, 0.5) is 105 Å². The summed E-state index contributed by atoms with van der Waals surface area (Å²) in [7, 11) is 2.15. The monoisotopic (exact) mass is 1670 g/mol. The second kappa shape index (κ2) is 38.7. The lowest BCUT2D eigenvalue weighted by molar-refractivity contribution is 0.0663. The van der Waals surface area contributed by atoms with Gasteiger partial charge < -0.3 is 52.2 Å². The van der Waals surface area contributed by atoms with E-state index in [1.54, 1.807) is 79.7 Å². The minimum atomic E-state index is -0.624. The summed E-state index contributed by atoms with van der Waals surface area (Å²) in [5, 5.41) is 43.8. The molecule has 4 fully saturated rings. The molecule has 16 rings (SSSR count). The fourth-order valence-corrected chi connectivity index (χ4v) is 14.5. The molecule has 4 unspecified atom stereocenters. The van der Waals surface area contributed by atoms with Crippen molar-refractivity contribution in [3.05, 3.63) is 237 Å². The lowest BCUT2D eigenvalue weighted by Gasteiger charge is -2.29. The lowest BCUT2D eigenvalue weighted by atomic mass is 10.1. The van der Waals surface area contributed by atoms with Crippen LogP contribution in [-0.4, -0.2) is 123 Å². The van der Waals surface area contributed by atoms with Gasteiger partial charge in [-0.1, -0.05) is 24.3 Å². The van der Waals surface area contributed by atoms with Crippen molar-refractivity contribution in [1.29, 1.82) is 0 Å². The Morgan fingerprint density at radius 2 is 0.760 bits per heavy atom. The Balaban J connectivity index is 0.000000139. The van der Waals surface area contributed by atoms with Crippen molar-refractivity contribution >= 4 is 75.7 Å². The van der Waals surface area contributed by atoms with Crippen molar-refractivity contribution in [1.82, 2.24) is 83.9 Å². The van der Waals surface area contributed by atoms with Crippen LogP contribution in [0.15, 0.2) is 128 Å². The van der Waals surface area contributed by atoms with Crippen LogP contribution in [0.5, 0.6) is 0 Å². The number of carbonyl (C=O) groups excluding carboxylic acids is 1. The van der Waals surface area contributed by atoms with E-state index in [4.69, 9.17) is 9.84 Å². The Labute approximate surface area is 695 Å². The number of halogens is 8. The number of hydrogen-bond acceptors (Lipinski definition) is 23. The second-order valence-electron chi connectivity index (χ2n) is 30.7. The third-order valence-electron chi connectivity index (χ3n) is 20.8. The molecule has 2 aliphatic carbocycles. The summed E-state index contributed by atoms with van der Waals surface area (Å²) in [5.74, 6) is 5.26. The van der Waals surface area contributed by atoms with E-state index in [0.717, 1.165) is 119 Å². The van der Waals surface area contributed by atoms with E-state index in [-0.39, 0.29) is 5.91 Å². The minimum Gasteiger partial charge on any atom is -0.381 e. The van der Waals surface area contributed by atoms with Crippen LogP contribution < -0.4 is 42.5 Å². The molecule has 4 aromatic carbocycles. The minimum absolute atomic E-state index is 0.138. The van der Waals surface area contributed by atoms with Crippen molar-refractivity contribution in [2.24, 2.45) is 0 Å². The van der Waals surface area contributed by atoms with Crippen LogP contribution >= 0.6 is 0 Å². The smallest absolute Gasteiger partial charge is 0.244 e. The SMILES string of the molecule is CC(=O)n1nc(Nc2cc(NC(C)c3ccc(F)cc3F)nc(C)n2)cc1C1CC1.CCn1nc(Nc2cc(NC(C)c3ccc(F)cc3F)nc(C)n2)cc1C1CC1.Cc1nc(Nc2cc(C)n(C3CCN(C)CC3)n2)cc(NC(C)c2ccc(F)cc2F)n1.Cc1nc(Nc2ccn(C3CCOCC3)n2)cc(NC(C)c2ccc(F)cc2F)n1. The largest absolute Gasteiger partial charge is 0.381 e. The van der Waals surface area contributed by atoms with Gasteiger partial charge in [-0.2, -0.15) is 15.3 Å². The van der Waals surface area contributed by atoms with Crippen LogP contribution in [0.1, 0.15) is 208 Å². The van der Waals surface area contributed by atoms with Gasteiger partial charge in [-0.3, -0.25) is 18.8 Å². The number of piperidine rings is 1. The molecule has 0 amide bonds. The number of rotatable bonds is 25. The molecule has 0 spiro atoms. The van der Waals surface area contributed by atoms with Crippen LogP contribution in [0.3, 0.4) is 0 Å². The molecule has 0 radical (unpaired) electrons. The number of likely N-dealkylation sites (tertiary alicyclic amines) is 1. The number of benzene rings is 4. The number of nitrogens with zero attached hydrogens (tertiary/aromatic N) is 17. The molecule has 8 N–H and O–H groups in total. The number of aromatic nitrogens is 16. The Kier molecular flexibility index (Phi) is 27.6. The quantitative estimate of drug-likeness (QED) is 0.0247. The molecular formula is C86H99F8N25O2. The first-order valence-corrected chi connectivity index (χ1v) is 40.4. The molecule has 121 heavy (non-hydrogen) atoms. The summed E-state index contributed by atoms with van der Waals surface area (Å²) >= 11 is 0. The van der Waals surface area contributed by atoms with Gasteiger partial charge in [0.05, 0.1) is 41.9 Å². The first kappa shape index (κ1) is 86.3. The second-order valence-corrected chi connectivity index (χ2v) is 30.7. The average Bonchev–Trinajstić information content (AvgIpc) is 1.67. The van der Waals surface area contributed by atoms with Gasteiger partial charge in [0, 0.05) is 151 Å². The van der Waals surface area contributed by atoms with E-state index in [1.165, 1.54) is 78.7 Å². The first-order valence-electron chi connectivity index (χ1n) is 40.4. The maximum atomic E-state index is 14.1. The number of aryl methyl sites for hydroxylation is 6. The third kappa shape index (κ3) is 23.3. The zero-order chi connectivity index (χ0) is 85.9. The molecular weight excluding hydrogens is 1570 g/mol. The van der Waals surface area contributed by atoms with Crippen molar-refractivity contribution < 1.29 is 44.7 Å². The lowest BCUT2D eigenvalue weighted by Crippen LogP contribution is -2.32. The highest BCUT2D eigenvalue weighted by Crippen LogP contribution is 2.43. The molecule has 4 atom stereocenters. The highest BCUT2D eigenvalue weighted by molar-refractivity contribution is 5.77. The molecule has 636 valence electrons. The van der Waals surface area contributed by atoms with E-state index in [2.05, 4.69) is 134 Å². The summed E-state index contributed by atoms with van der Waals surface area (Å²) in [4.78, 5) is 49.3. The van der Waals surface area contributed by atoms with Gasteiger partial charge in [-0.15, -0.1) is 5.10 Å². The summed E-state index contributed by atoms with van der Waals surface area (Å²) in [6, 6.07) is 28.0. The van der Waals surface area contributed by atoms with Crippen LogP contribution in [0.2, 0.25) is 0 Å². The van der Waals surface area contributed by atoms with Gasteiger partial charge in [0.25, 0.3) is 0 Å². The van der Waals surface area contributed by atoms with E-state index in [1.807, 2.05) is 33.8 Å². The summed E-state index contributed by atoms with van der Waals surface area (Å²) in [5.41, 5.74) is 4.67. The molecule has 2 aliphatic heterocycles. The van der Waals surface area contributed by atoms with Gasteiger partial charge in [0.1, 0.15) is 116 Å². The topological polar surface area (TPSA) is 300 Å². The Bertz CT molecular complexity index is 5600. The Morgan fingerprint density at radius 1 is 0.405 bits per heavy atom. The van der Waals surface area contributed by atoms with Gasteiger partial charge in [0.2, 0.25) is 5.91 Å². The molecule has 4 aliphatic rings. The highest BCUT2D eigenvalue weighted by atomic mass is 19.2. The normalized spacial score (nSPS) is 15.3. The molecule has 35 heteroatoms. The predicted molar refractivity (Wildman–Crippen MR) is 448 cm³/mol. The van der Waals surface area contributed by atoms with E-state index in [0.29, 0.717) is 128 Å². The van der Waals surface area contributed by atoms with Gasteiger partial charge in [-0.25, -0.2) is 79.7 Å². The standard InChI is InChI=1S/C23H29F2N7.C21H22F2N6O.C21H24F2N6O.C21H24F2N6/c1-14-11-23(30-32(14)18-7-9-31(4)10-8-18)29-22-13-21(27-16(3)28-22)26-15(2)19-6-5-17(24)12-20(19)25;1-11(16-7-6-15(22)8-17(16)23)24-19-10-20(26-12(2)25-19)27-21-9-18(14-4-5-14)29(28-21)13(3)30;1-13(17-4-3-15(22)11-18(17)23)24-20-12-21(26-14(2)25-20)27-19-5-8-29(28-19)16-6-9-30-10-7-16;1-4-29-18(14-5-6-14)10-21(28-29)27-20-11-19(25-13(3)26-20)24-12(2)16-8-7-15(22)9-17(16)23/h5-6,11-13,15,18H,7-10H2,1-4H3,(H2,26,27,28,29,30);6-11,14H,4-5H2,1-3H3,(H2,24,25,26,27,28);3-5,8,11-13,16H,6-7,9-10H2,1-2H3,(H2,24,25,26,27,28);7-12,14H,4-6H2,1-3H3,(H2,24,25,26,27,28). The summed E-state index contributed by atoms with van der Waals surface area (Å²) < 4.78 is 122. The van der Waals surface area contributed by atoms with Gasteiger partial charge >= 0.3 is 0 Å². The molecule has 8 aromatic heterocycles. The molecule has 10 heterocycles. The van der Waals surface area contributed by atoms with Crippen LogP contribution in [-0.2, 0) is 11.3 Å². The Hall–Kier alpha value is -12.5. The number of ether oxygens (including phenoxy) is 1. The van der Waals surface area contributed by atoms with Crippen molar-refractivity contribution in [3.63, 3.8) is 0 Å². The fourth-order valence-electron chi connectivity index (χ4n) is 14.5. The van der Waals surface area contributed by atoms with Gasteiger partial charge in [0.15, 0.2) is 23.3 Å². The maximum absolute atomic E-state index is 14.1. The fraction of sp³-hybridized carbons (Fsp3) is 0.384. The number of hydrogen-bond donors (Lipinski definition) is 8. The zero-order valence-corrected chi connectivity index (χ0v) is 69.4. The Morgan fingerprint density at radius 3 is 1.13 bits per heavy atom. The van der Waals surface area contributed by atoms with E-state index >= 15 is 0 Å². The van der Waals surface area contributed by atoms with Crippen molar-refractivity contribution in [2.45, 2.75) is 182 Å². The number of carbonyl (C=O) groups is 1. The number of anilines is 12. The molecule has 27 nitrogen and oxygen atoms in total. The molecule has 2 saturated carbocycles. The van der Waals surface area contributed by atoms with Crippen molar-refractivity contribution in [2.75, 3.05) is 75.9 Å². The number of nitrogens with one attached hydrogen (secondary N) is 8. The summed E-state index contributed by atoms with van der Waals surface area (Å²) in [6.45, 7) is 24.3. The molecule has 0 bridgehead atoms. The van der Waals surface area contributed by atoms with Crippen LogP contribution in [0, 0.1) is 81.2 Å². The van der Waals surface area contributed by atoms with Crippen molar-refractivity contribution in [3.8, 4) is 0 Å². The van der Waals surface area contributed by atoms with E-state index in [9.17, 15) is 39.9 Å². The van der Waals surface area contributed by atoms with Gasteiger partial charge in [-0.05, 0) is 165 Å². The summed E-state index contributed by atoms with van der Waals surface area (Å²) in [6.07, 6.45) is 10.5. The predicted octanol–water partition coefficient (Wildman–Crippen LogP) is 19.1. The first-order chi connectivity index (χ1) is 58.0. The van der Waals surface area contributed by atoms with Crippen LogP contribution in [0.25, 0.3) is 0 Å². The van der Waals surface area contributed by atoms with E-state index < -0.39 is 70.7 Å². The maximum Gasteiger partial charge on any atom is 0.244 e.